The summed E-state index contributed by atoms with van der Waals surface area (Å²) in [5.41, 5.74) is 0.193. The number of nitrogens with zero attached hydrogens (tertiary/aromatic N) is 1. The van der Waals surface area contributed by atoms with Gasteiger partial charge in [0.1, 0.15) is 17.7 Å². The molecule has 0 aliphatic heterocycles. The lowest BCUT2D eigenvalue weighted by Crippen LogP contribution is -2.59. The molecule has 39 heavy (non-hydrogen) atoms. The van der Waals surface area contributed by atoms with Gasteiger partial charge in [-0.25, -0.2) is 4.79 Å². The third-order valence-corrected chi connectivity index (χ3v) is 6.73. The number of nitrogens with one attached hydrogen (secondary N) is 2. The molecule has 0 saturated heterocycles. The highest BCUT2D eigenvalue weighted by Gasteiger charge is 2.43. The number of hydrogen-bond donors (Lipinski definition) is 2. The minimum absolute atomic E-state index is 0.233. The molecule has 0 saturated carbocycles. The Kier molecular flexibility index (Phi) is 12.0. The first-order valence-electron chi connectivity index (χ1n) is 14.1. The van der Waals surface area contributed by atoms with Crippen molar-refractivity contribution in [2.24, 2.45) is 0 Å². The number of unbranched alkanes of at least 4 members (excludes halogenated alkanes) is 2. The average Bonchev–Trinajstić information content (AvgIpc) is 2.88. The molecule has 0 aromatic heterocycles. The van der Waals surface area contributed by atoms with Crippen molar-refractivity contribution in [2.45, 2.75) is 104 Å². The van der Waals surface area contributed by atoms with Crippen molar-refractivity contribution in [2.75, 3.05) is 6.54 Å². The molecular formula is C32H47N3O4. The van der Waals surface area contributed by atoms with Crippen LogP contribution < -0.4 is 10.6 Å². The quantitative estimate of drug-likeness (QED) is 0.298. The lowest BCUT2D eigenvalue weighted by atomic mass is 9.91. The van der Waals surface area contributed by atoms with Crippen LogP contribution in [0.25, 0.3) is 0 Å². The van der Waals surface area contributed by atoms with Gasteiger partial charge in [0.05, 0.1) is 0 Å². The first-order chi connectivity index (χ1) is 18.4. The molecule has 2 aromatic carbocycles. The highest BCUT2D eigenvalue weighted by atomic mass is 16.6. The van der Waals surface area contributed by atoms with Crippen LogP contribution >= 0.6 is 0 Å². The first-order valence-corrected chi connectivity index (χ1v) is 14.1. The monoisotopic (exact) mass is 537 g/mol. The fourth-order valence-corrected chi connectivity index (χ4v) is 4.35. The van der Waals surface area contributed by atoms with Gasteiger partial charge < -0.3 is 20.3 Å². The molecule has 0 spiro atoms. The number of amides is 3. The topological polar surface area (TPSA) is 87.7 Å². The summed E-state index contributed by atoms with van der Waals surface area (Å²) in [6.07, 6.45) is 3.11. The van der Waals surface area contributed by atoms with Crippen molar-refractivity contribution in [3.8, 4) is 0 Å². The van der Waals surface area contributed by atoms with Gasteiger partial charge in [0, 0.05) is 18.5 Å². The third kappa shape index (κ3) is 10.0. The fraction of sp³-hybridized carbons (Fsp3) is 0.531. The van der Waals surface area contributed by atoms with Crippen LogP contribution in [0, 0.1) is 0 Å². The van der Waals surface area contributed by atoms with Crippen molar-refractivity contribution in [3.63, 3.8) is 0 Å². The van der Waals surface area contributed by atoms with E-state index in [4.69, 9.17) is 4.74 Å². The van der Waals surface area contributed by atoms with E-state index in [1.165, 1.54) is 0 Å². The molecule has 0 bridgehead atoms. The number of rotatable bonds is 13. The Morgan fingerprint density at radius 1 is 0.872 bits per heavy atom. The number of carbonyl (C=O) groups excluding carboxylic acids is 3. The predicted molar refractivity (Wildman–Crippen MR) is 156 cm³/mol. The van der Waals surface area contributed by atoms with Crippen LogP contribution in [0.3, 0.4) is 0 Å². The molecule has 2 aromatic rings. The van der Waals surface area contributed by atoms with E-state index in [-0.39, 0.29) is 18.2 Å². The van der Waals surface area contributed by atoms with Crippen LogP contribution in [0.1, 0.15) is 91.3 Å². The zero-order valence-electron chi connectivity index (χ0n) is 24.8. The number of ether oxygens (including phenoxy) is 1. The van der Waals surface area contributed by atoms with E-state index in [1.54, 1.807) is 25.7 Å². The molecule has 0 aliphatic rings. The van der Waals surface area contributed by atoms with Gasteiger partial charge in [0.15, 0.2) is 0 Å². The Morgan fingerprint density at radius 3 is 2.00 bits per heavy atom. The Bertz CT molecular complexity index is 1050. The van der Waals surface area contributed by atoms with Gasteiger partial charge >= 0.3 is 6.09 Å². The second-order valence-electron chi connectivity index (χ2n) is 11.6. The minimum atomic E-state index is -0.938. The zero-order chi connectivity index (χ0) is 29.1. The summed E-state index contributed by atoms with van der Waals surface area (Å²) in [6, 6.07) is 17.1. The third-order valence-electron chi connectivity index (χ3n) is 6.73. The van der Waals surface area contributed by atoms with E-state index in [9.17, 15) is 14.4 Å². The van der Waals surface area contributed by atoms with Gasteiger partial charge in [-0.2, -0.15) is 0 Å². The first kappa shape index (κ1) is 31.9. The SMILES string of the molecule is CCCCCNC(=O)C(c1ccccc1)N(C(=O)C(Cc1ccccc1)NC(=O)OC(C)(C)C)C(C)(C)CC. The number of hydrogen-bond acceptors (Lipinski definition) is 4. The van der Waals surface area contributed by atoms with Crippen LogP contribution in [0.5, 0.6) is 0 Å². The maximum absolute atomic E-state index is 14.5. The van der Waals surface area contributed by atoms with Gasteiger partial charge in [0.2, 0.25) is 11.8 Å². The predicted octanol–water partition coefficient (Wildman–Crippen LogP) is 6.19. The van der Waals surface area contributed by atoms with Gasteiger partial charge in [0.25, 0.3) is 0 Å². The highest BCUT2D eigenvalue weighted by Crippen LogP contribution is 2.32. The molecule has 2 atom stereocenters. The molecule has 0 aliphatic carbocycles. The second kappa shape index (κ2) is 14.7. The lowest BCUT2D eigenvalue weighted by Gasteiger charge is -2.44. The Labute approximate surface area is 234 Å². The highest BCUT2D eigenvalue weighted by molar-refractivity contribution is 5.92. The maximum Gasteiger partial charge on any atom is 0.408 e. The summed E-state index contributed by atoms with van der Waals surface area (Å²) in [5.74, 6) is -0.572. The van der Waals surface area contributed by atoms with E-state index in [0.29, 0.717) is 13.0 Å². The van der Waals surface area contributed by atoms with Crippen molar-refractivity contribution in [3.05, 3.63) is 71.8 Å². The van der Waals surface area contributed by atoms with Crippen LogP contribution in [0.2, 0.25) is 0 Å². The molecule has 2 N–H and O–H groups in total. The standard InChI is InChI=1S/C32H47N3O4/c1-8-10-17-22-33-28(36)27(25-20-15-12-16-21-25)35(32(6,7)9-2)29(37)26(23-24-18-13-11-14-19-24)34-30(38)39-31(3,4)5/h11-16,18-21,26-27H,8-10,17,22-23H2,1-7H3,(H,33,36)(H,34,38). The Morgan fingerprint density at radius 2 is 1.46 bits per heavy atom. The zero-order valence-corrected chi connectivity index (χ0v) is 24.8. The van der Waals surface area contributed by atoms with Gasteiger partial charge in [-0.15, -0.1) is 0 Å². The van der Waals surface area contributed by atoms with Crippen molar-refractivity contribution < 1.29 is 19.1 Å². The van der Waals surface area contributed by atoms with Gasteiger partial charge in [-0.3, -0.25) is 9.59 Å². The summed E-state index contributed by atoms with van der Waals surface area (Å²) >= 11 is 0. The summed E-state index contributed by atoms with van der Waals surface area (Å²) in [5, 5.41) is 5.88. The number of carbonyl (C=O) groups is 3. The minimum Gasteiger partial charge on any atom is -0.444 e. The molecule has 0 fully saturated rings. The molecule has 0 heterocycles. The van der Waals surface area contributed by atoms with Gasteiger partial charge in [-0.1, -0.05) is 87.4 Å². The summed E-state index contributed by atoms with van der Waals surface area (Å²) in [7, 11) is 0. The lowest BCUT2D eigenvalue weighted by molar-refractivity contribution is -0.149. The molecule has 7 heteroatoms. The van der Waals surface area contributed by atoms with Crippen LogP contribution in [0.15, 0.2) is 60.7 Å². The molecule has 7 nitrogen and oxygen atoms in total. The Hall–Kier alpha value is -3.35. The molecule has 2 unspecified atom stereocenters. The van der Waals surface area contributed by atoms with Crippen molar-refractivity contribution in [1.29, 1.82) is 0 Å². The molecule has 214 valence electrons. The van der Waals surface area contributed by atoms with Crippen LogP contribution in [-0.4, -0.2) is 46.5 Å². The van der Waals surface area contributed by atoms with E-state index in [0.717, 1.165) is 30.4 Å². The average molecular weight is 538 g/mol. The van der Waals surface area contributed by atoms with Gasteiger partial charge in [-0.05, 0) is 58.6 Å². The molecule has 3 amide bonds. The number of alkyl carbamates (subject to hydrolysis) is 1. The molecule has 0 radical (unpaired) electrons. The fourth-order valence-electron chi connectivity index (χ4n) is 4.35. The summed E-state index contributed by atoms with van der Waals surface area (Å²) in [6.45, 7) is 13.9. The van der Waals surface area contributed by atoms with E-state index in [1.807, 2.05) is 81.4 Å². The smallest absolute Gasteiger partial charge is 0.408 e. The van der Waals surface area contributed by atoms with Crippen LogP contribution in [-0.2, 0) is 20.7 Å². The van der Waals surface area contributed by atoms with Crippen molar-refractivity contribution >= 4 is 17.9 Å². The van der Waals surface area contributed by atoms with Crippen molar-refractivity contribution in [1.82, 2.24) is 15.5 Å². The van der Waals surface area contributed by atoms with E-state index < -0.39 is 29.3 Å². The molecule has 2 rings (SSSR count). The van der Waals surface area contributed by atoms with E-state index in [2.05, 4.69) is 17.6 Å². The normalized spacial score (nSPS) is 13.2. The summed E-state index contributed by atoms with van der Waals surface area (Å²) in [4.78, 5) is 42.9. The maximum atomic E-state index is 14.5. The van der Waals surface area contributed by atoms with Crippen LogP contribution in [0.4, 0.5) is 4.79 Å². The van der Waals surface area contributed by atoms with E-state index >= 15 is 0 Å². The second-order valence-corrected chi connectivity index (χ2v) is 11.6. The Balaban J connectivity index is 2.55. The molecular weight excluding hydrogens is 490 g/mol. The number of benzene rings is 2. The summed E-state index contributed by atoms with van der Waals surface area (Å²) < 4.78 is 5.52. The largest absolute Gasteiger partial charge is 0.444 e.